The predicted octanol–water partition coefficient (Wildman–Crippen LogP) is 5.32. The molecule has 0 radical (unpaired) electrons. The number of para-hydroxylation sites is 1. The monoisotopic (exact) mass is 358 g/mol. The van der Waals surface area contributed by atoms with E-state index in [-0.39, 0.29) is 0 Å². The summed E-state index contributed by atoms with van der Waals surface area (Å²) in [5.41, 5.74) is 0.539. The topological polar surface area (TPSA) is 41.1 Å². The Bertz CT molecular complexity index is 895. The second-order valence-electron chi connectivity index (χ2n) is 5.76. The lowest BCUT2D eigenvalue weighted by Gasteiger charge is -2.19. The number of anilines is 4. The first-order valence-corrected chi connectivity index (χ1v) is 7.92. The van der Waals surface area contributed by atoms with Gasteiger partial charge in [0.25, 0.3) is 0 Å². The molecule has 0 aliphatic carbocycles. The van der Waals surface area contributed by atoms with Gasteiger partial charge in [0.2, 0.25) is 0 Å². The van der Waals surface area contributed by atoms with Crippen molar-refractivity contribution in [2.45, 2.75) is 13.1 Å². The van der Waals surface area contributed by atoms with Gasteiger partial charge in [-0.1, -0.05) is 24.3 Å². The van der Waals surface area contributed by atoms with Crippen LogP contribution >= 0.6 is 0 Å². The van der Waals surface area contributed by atoms with E-state index in [0.29, 0.717) is 23.1 Å². The molecule has 1 N–H and O–H groups in total. The Morgan fingerprint density at radius 3 is 2.35 bits per heavy atom. The fourth-order valence-electron chi connectivity index (χ4n) is 2.49. The van der Waals surface area contributed by atoms with Gasteiger partial charge in [0, 0.05) is 24.5 Å². The van der Waals surface area contributed by atoms with Crippen molar-refractivity contribution >= 4 is 23.0 Å². The summed E-state index contributed by atoms with van der Waals surface area (Å²) in [6.45, 7) is 1.74. The maximum absolute atomic E-state index is 12.9. The molecule has 0 unspecified atom stereocenters. The average molecular weight is 358 g/mol. The highest BCUT2D eigenvalue weighted by Gasteiger charge is 2.30. The lowest BCUT2D eigenvalue weighted by atomic mass is 10.2. The minimum Gasteiger partial charge on any atom is -0.340 e. The number of aromatic nitrogens is 2. The summed E-state index contributed by atoms with van der Waals surface area (Å²) in [5, 5.41) is 2.93. The number of halogens is 3. The van der Waals surface area contributed by atoms with E-state index in [1.54, 1.807) is 19.1 Å². The highest BCUT2D eigenvalue weighted by Crippen LogP contribution is 2.31. The van der Waals surface area contributed by atoms with Gasteiger partial charge in [-0.2, -0.15) is 13.2 Å². The molecule has 134 valence electrons. The van der Waals surface area contributed by atoms with Crippen LogP contribution in [0.15, 0.2) is 60.7 Å². The predicted molar refractivity (Wildman–Crippen MR) is 96.0 cm³/mol. The first-order chi connectivity index (χ1) is 12.3. The van der Waals surface area contributed by atoms with Crippen LogP contribution in [0.25, 0.3) is 0 Å². The quantitative estimate of drug-likeness (QED) is 0.686. The number of rotatable bonds is 4. The molecule has 3 aromatic rings. The van der Waals surface area contributed by atoms with Gasteiger partial charge in [-0.25, -0.2) is 9.97 Å². The number of hydrogen-bond acceptors (Lipinski definition) is 4. The van der Waals surface area contributed by atoms with Gasteiger partial charge in [-0.15, -0.1) is 0 Å². The lowest BCUT2D eigenvalue weighted by molar-refractivity contribution is -0.137. The molecular formula is C19H17F3N4. The van der Waals surface area contributed by atoms with Crippen LogP contribution in [0.1, 0.15) is 11.4 Å². The molecule has 2 aromatic carbocycles. The van der Waals surface area contributed by atoms with Crippen molar-refractivity contribution in [1.29, 1.82) is 0 Å². The molecule has 0 spiro atoms. The zero-order valence-electron chi connectivity index (χ0n) is 14.2. The van der Waals surface area contributed by atoms with E-state index in [9.17, 15) is 13.2 Å². The smallest absolute Gasteiger partial charge is 0.340 e. The Morgan fingerprint density at radius 1 is 0.923 bits per heavy atom. The lowest BCUT2D eigenvalue weighted by Crippen LogP contribution is -2.13. The minimum absolute atomic E-state index is 0.311. The molecule has 26 heavy (non-hydrogen) atoms. The number of nitrogens with zero attached hydrogens (tertiary/aromatic N) is 3. The normalized spacial score (nSPS) is 11.3. The number of nitrogens with one attached hydrogen (secondary N) is 1. The van der Waals surface area contributed by atoms with Crippen molar-refractivity contribution in [3.63, 3.8) is 0 Å². The highest BCUT2D eigenvalue weighted by molar-refractivity contribution is 5.65. The molecule has 3 rings (SSSR count). The van der Waals surface area contributed by atoms with Crippen molar-refractivity contribution < 1.29 is 13.2 Å². The van der Waals surface area contributed by atoms with Crippen molar-refractivity contribution in [3.05, 3.63) is 72.1 Å². The third-order valence-electron chi connectivity index (χ3n) is 3.77. The molecule has 0 saturated heterocycles. The van der Waals surface area contributed by atoms with Crippen LogP contribution in [0.4, 0.5) is 36.2 Å². The van der Waals surface area contributed by atoms with E-state index in [4.69, 9.17) is 0 Å². The number of aryl methyl sites for hydroxylation is 1. The van der Waals surface area contributed by atoms with E-state index in [0.717, 1.165) is 17.8 Å². The Morgan fingerprint density at radius 2 is 1.65 bits per heavy atom. The molecule has 4 nitrogen and oxygen atoms in total. The van der Waals surface area contributed by atoms with Gasteiger partial charge in [0.05, 0.1) is 5.56 Å². The van der Waals surface area contributed by atoms with Crippen molar-refractivity contribution in [2.24, 2.45) is 0 Å². The third-order valence-corrected chi connectivity index (χ3v) is 3.77. The molecule has 0 bridgehead atoms. The van der Waals surface area contributed by atoms with Crippen LogP contribution in [0, 0.1) is 6.92 Å². The van der Waals surface area contributed by atoms with Crippen LogP contribution in [-0.2, 0) is 6.18 Å². The number of hydrogen-bond donors (Lipinski definition) is 1. The molecule has 0 aliphatic heterocycles. The van der Waals surface area contributed by atoms with Crippen LogP contribution in [0.5, 0.6) is 0 Å². The van der Waals surface area contributed by atoms with Gasteiger partial charge in [-0.05, 0) is 37.3 Å². The molecular weight excluding hydrogens is 341 g/mol. The zero-order valence-corrected chi connectivity index (χ0v) is 14.2. The second kappa shape index (κ2) is 7.03. The maximum atomic E-state index is 12.9. The zero-order chi connectivity index (χ0) is 18.7. The number of benzene rings is 2. The molecule has 0 fully saturated rings. The molecule has 7 heteroatoms. The van der Waals surface area contributed by atoms with E-state index >= 15 is 0 Å². The fourth-order valence-corrected chi connectivity index (χ4v) is 2.49. The van der Waals surface area contributed by atoms with Crippen molar-refractivity contribution in [2.75, 3.05) is 17.3 Å². The van der Waals surface area contributed by atoms with E-state index in [1.807, 2.05) is 42.3 Å². The van der Waals surface area contributed by atoms with Crippen LogP contribution < -0.4 is 10.2 Å². The molecule has 0 atom stereocenters. The maximum Gasteiger partial charge on any atom is 0.416 e. The van der Waals surface area contributed by atoms with E-state index in [1.165, 1.54) is 6.07 Å². The summed E-state index contributed by atoms with van der Waals surface area (Å²) < 4.78 is 38.6. The molecule has 0 aliphatic rings. The first-order valence-electron chi connectivity index (χ1n) is 7.92. The van der Waals surface area contributed by atoms with Gasteiger partial charge < -0.3 is 10.2 Å². The number of alkyl halides is 3. The Kier molecular flexibility index (Phi) is 4.79. The second-order valence-corrected chi connectivity index (χ2v) is 5.76. The molecule has 0 saturated carbocycles. The largest absolute Gasteiger partial charge is 0.416 e. The Balaban J connectivity index is 1.89. The van der Waals surface area contributed by atoms with Gasteiger partial charge in [0.15, 0.2) is 0 Å². The summed E-state index contributed by atoms with van der Waals surface area (Å²) >= 11 is 0. The molecule has 1 aromatic heterocycles. The van der Waals surface area contributed by atoms with Gasteiger partial charge >= 0.3 is 6.18 Å². The molecule has 1 heterocycles. The summed E-state index contributed by atoms with van der Waals surface area (Å²) in [7, 11) is 1.87. The van der Waals surface area contributed by atoms with Crippen molar-refractivity contribution in [1.82, 2.24) is 9.97 Å². The molecule has 0 amide bonds. The summed E-state index contributed by atoms with van der Waals surface area (Å²) in [4.78, 5) is 10.6. The van der Waals surface area contributed by atoms with Crippen LogP contribution in [-0.4, -0.2) is 17.0 Å². The van der Waals surface area contributed by atoms with Crippen molar-refractivity contribution in [3.8, 4) is 0 Å². The summed E-state index contributed by atoms with van der Waals surface area (Å²) in [5.74, 6) is 1.58. The van der Waals surface area contributed by atoms with Gasteiger partial charge in [-0.3, -0.25) is 0 Å². The first kappa shape index (κ1) is 17.7. The van der Waals surface area contributed by atoms with Crippen LogP contribution in [0.2, 0.25) is 0 Å². The Labute approximate surface area is 149 Å². The minimum atomic E-state index is -4.39. The third kappa shape index (κ3) is 4.11. The average Bonchev–Trinajstić information content (AvgIpc) is 2.61. The van der Waals surface area contributed by atoms with Crippen LogP contribution in [0.3, 0.4) is 0 Å². The SMILES string of the molecule is Cc1nc(Nc2cccc(C(F)(F)F)c2)cc(N(C)c2ccccc2)n1. The summed E-state index contributed by atoms with van der Waals surface area (Å²) in [6.07, 6.45) is -4.39. The van der Waals surface area contributed by atoms with Gasteiger partial charge in [0.1, 0.15) is 17.5 Å². The van der Waals surface area contributed by atoms with E-state index in [2.05, 4.69) is 15.3 Å². The standard InChI is InChI=1S/C19H17F3N4/c1-13-23-17(25-15-8-6-7-14(11-15)19(20,21)22)12-18(24-13)26(2)16-9-4-3-5-10-16/h3-12H,1-2H3,(H,23,24,25). The summed E-state index contributed by atoms with van der Waals surface area (Å²) in [6, 6.07) is 16.3. The van der Waals surface area contributed by atoms with E-state index < -0.39 is 11.7 Å². The highest BCUT2D eigenvalue weighted by atomic mass is 19.4. The Hall–Kier alpha value is -3.09. The fraction of sp³-hybridized carbons (Fsp3) is 0.158.